The number of benzene rings is 6. The van der Waals surface area contributed by atoms with Gasteiger partial charge in [0.2, 0.25) is 0 Å². The van der Waals surface area contributed by atoms with Gasteiger partial charge in [-0.05, 0) is 115 Å². The molecule has 0 heterocycles. The summed E-state index contributed by atoms with van der Waals surface area (Å²) >= 11 is 0. The molecule has 0 N–H and O–H groups in total. The zero-order chi connectivity index (χ0) is 39.8. The molecule has 0 aliphatic rings. The molecule has 0 unspecified atom stereocenters. The second-order valence-corrected chi connectivity index (χ2v) is 16.6. The van der Waals surface area contributed by atoms with E-state index in [0.717, 1.165) is 48.7 Å². The number of hydrogen-bond acceptors (Lipinski definition) is 4. The normalized spacial score (nSPS) is 12.1. The van der Waals surface area contributed by atoms with Gasteiger partial charge in [0, 0.05) is 16.2 Å². The molecular weight excluding hydrogens is 713 g/mol. The lowest BCUT2D eigenvalue weighted by Crippen LogP contribution is -2.03. The van der Waals surface area contributed by atoms with Crippen molar-refractivity contribution in [2.24, 2.45) is 0 Å². The smallest absolute Gasteiger partial charge is 0.169 e. The van der Waals surface area contributed by atoms with Crippen molar-refractivity contribution in [2.75, 3.05) is 26.4 Å². The zero-order valence-corrected chi connectivity index (χ0v) is 35.7. The maximum atomic E-state index is 6.94. The molecule has 0 aliphatic heterocycles. The molecule has 0 radical (unpaired) electrons. The third-order valence-corrected chi connectivity index (χ3v) is 12.5. The lowest BCUT2D eigenvalue weighted by molar-refractivity contribution is 0.261. The Morgan fingerprint density at radius 3 is 1.29 bits per heavy atom. The second-order valence-electron chi connectivity index (χ2n) is 16.6. The summed E-state index contributed by atoms with van der Waals surface area (Å²) in [6.07, 6.45) is 18.6. The SMILES string of the molecule is CCCCCCOc1ccc2c(c1OCCCCCC)c1cccc3c1c2c1cc2ccccc2c2c4c(OCCCCCC)c(OCCCCCC)ccc4c3c12. The molecule has 0 bridgehead atoms. The summed E-state index contributed by atoms with van der Waals surface area (Å²) in [6, 6.07) is 27.3. The van der Waals surface area contributed by atoms with Crippen LogP contribution in [0.5, 0.6) is 23.0 Å². The van der Waals surface area contributed by atoms with Crippen LogP contribution in [0, 0.1) is 0 Å². The van der Waals surface area contributed by atoms with Crippen molar-refractivity contribution < 1.29 is 18.9 Å². The summed E-state index contributed by atoms with van der Waals surface area (Å²) in [6.45, 7) is 11.8. The Morgan fingerprint density at radius 2 is 0.724 bits per heavy atom. The lowest BCUT2D eigenvalue weighted by Gasteiger charge is -2.15. The minimum atomic E-state index is 0.681. The fourth-order valence-corrected chi connectivity index (χ4v) is 9.53. The Labute approximate surface area is 345 Å². The predicted octanol–water partition coefficient (Wildman–Crippen LogP) is 16.5. The number of unbranched alkanes of at least 4 members (excludes halogenated alkanes) is 12. The quantitative estimate of drug-likeness (QED) is 0.0452. The Hall–Kier alpha value is -4.70. The van der Waals surface area contributed by atoms with E-state index in [0.29, 0.717) is 26.4 Å². The van der Waals surface area contributed by atoms with E-state index in [1.54, 1.807) is 0 Å². The van der Waals surface area contributed by atoms with Gasteiger partial charge in [-0.15, -0.1) is 0 Å². The average Bonchev–Trinajstić information content (AvgIpc) is 3.78. The minimum Gasteiger partial charge on any atom is -0.490 e. The molecule has 0 amide bonds. The van der Waals surface area contributed by atoms with Crippen molar-refractivity contribution in [1.82, 2.24) is 0 Å². The first-order valence-electron chi connectivity index (χ1n) is 23.0. The highest BCUT2D eigenvalue weighted by Gasteiger charge is 2.28. The summed E-state index contributed by atoms with van der Waals surface area (Å²) in [5, 5.41) is 17.7. The van der Waals surface area contributed by atoms with Gasteiger partial charge in [0.05, 0.1) is 26.4 Å². The highest BCUT2D eigenvalue weighted by atomic mass is 16.5. The second kappa shape index (κ2) is 18.9. The van der Waals surface area contributed by atoms with Crippen LogP contribution in [-0.4, -0.2) is 26.4 Å². The predicted molar refractivity (Wildman–Crippen MR) is 250 cm³/mol. The van der Waals surface area contributed by atoms with Gasteiger partial charge in [0.1, 0.15) is 0 Å². The Balaban J connectivity index is 1.38. The van der Waals surface area contributed by atoms with Crippen LogP contribution in [0.4, 0.5) is 0 Å². The van der Waals surface area contributed by atoms with Gasteiger partial charge in [-0.25, -0.2) is 0 Å². The monoisotopic (exact) mass is 776 g/mol. The number of hydrogen-bond donors (Lipinski definition) is 0. The lowest BCUT2D eigenvalue weighted by atomic mass is 9.93. The molecule has 4 heteroatoms. The van der Waals surface area contributed by atoms with Crippen molar-refractivity contribution in [3.05, 3.63) is 72.8 Å². The van der Waals surface area contributed by atoms with Crippen molar-refractivity contribution in [2.45, 2.75) is 130 Å². The van der Waals surface area contributed by atoms with E-state index >= 15 is 0 Å². The van der Waals surface area contributed by atoms with Gasteiger partial charge in [-0.3, -0.25) is 0 Å². The van der Waals surface area contributed by atoms with E-state index in [4.69, 9.17) is 18.9 Å². The summed E-state index contributed by atoms with van der Waals surface area (Å²) in [7, 11) is 0. The first-order chi connectivity index (χ1) is 28.7. The van der Waals surface area contributed by atoms with Crippen LogP contribution in [0.15, 0.2) is 72.8 Å². The van der Waals surface area contributed by atoms with E-state index in [2.05, 4.69) is 100 Å². The van der Waals surface area contributed by atoms with Crippen LogP contribution in [0.25, 0.3) is 75.4 Å². The van der Waals surface area contributed by atoms with Crippen LogP contribution in [0.3, 0.4) is 0 Å². The van der Waals surface area contributed by atoms with Crippen LogP contribution < -0.4 is 18.9 Å². The van der Waals surface area contributed by atoms with E-state index < -0.39 is 0 Å². The molecule has 0 saturated heterocycles. The van der Waals surface area contributed by atoms with Gasteiger partial charge in [-0.1, -0.05) is 147 Å². The fraction of sp³-hybridized carbons (Fsp3) is 0.444. The van der Waals surface area contributed by atoms with Gasteiger partial charge < -0.3 is 18.9 Å². The van der Waals surface area contributed by atoms with Crippen LogP contribution in [0.1, 0.15) is 130 Å². The Morgan fingerprint density at radius 1 is 0.310 bits per heavy atom. The minimum absolute atomic E-state index is 0.681. The molecule has 0 aromatic heterocycles. The van der Waals surface area contributed by atoms with Gasteiger partial charge >= 0.3 is 0 Å². The van der Waals surface area contributed by atoms with Crippen LogP contribution in [0.2, 0.25) is 0 Å². The van der Waals surface area contributed by atoms with E-state index in [1.807, 2.05) is 0 Å². The largest absolute Gasteiger partial charge is 0.490 e. The van der Waals surface area contributed by atoms with Crippen LogP contribution in [-0.2, 0) is 0 Å². The van der Waals surface area contributed by atoms with E-state index in [1.165, 1.54) is 152 Å². The third-order valence-electron chi connectivity index (χ3n) is 12.5. The first kappa shape index (κ1) is 40.1. The van der Waals surface area contributed by atoms with Crippen molar-refractivity contribution in [1.29, 1.82) is 0 Å². The van der Waals surface area contributed by atoms with Gasteiger partial charge in [-0.2, -0.15) is 0 Å². The molecule has 304 valence electrons. The third kappa shape index (κ3) is 7.64. The summed E-state index contributed by atoms with van der Waals surface area (Å²) in [4.78, 5) is 0. The molecule has 4 nitrogen and oxygen atoms in total. The van der Waals surface area contributed by atoms with E-state index in [9.17, 15) is 0 Å². The molecule has 8 rings (SSSR count). The molecule has 58 heavy (non-hydrogen) atoms. The molecule has 0 saturated carbocycles. The zero-order valence-electron chi connectivity index (χ0n) is 35.7. The van der Waals surface area contributed by atoms with Crippen molar-refractivity contribution in [3.8, 4) is 23.0 Å². The highest BCUT2D eigenvalue weighted by molar-refractivity contribution is 6.50. The molecule has 8 aromatic rings. The topological polar surface area (TPSA) is 36.9 Å². The molecular formula is C54H64O4. The Bertz CT molecular complexity index is 2580. The molecule has 8 aromatic carbocycles. The molecule has 0 atom stereocenters. The summed E-state index contributed by atoms with van der Waals surface area (Å²) in [5.74, 6) is 3.54. The molecule has 0 aliphatic carbocycles. The van der Waals surface area contributed by atoms with Gasteiger partial charge in [0.25, 0.3) is 0 Å². The molecule has 0 fully saturated rings. The number of fused-ring (bicyclic) bond motifs is 10. The van der Waals surface area contributed by atoms with Crippen LogP contribution >= 0.6 is 0 Å². The van der Waals surface area contributed by atoms with Crippen molar-refractivity contribution >= 4 is 75.4 Å². The standard InChI is InChI=1S/C54H64O4/c1-5-9-13-19-32-55-44-30-28-41-48-43-36-37-24-17-18-25-38(37)50-51(43)47(39-26-23-27-40(46(39)48)49(41)53(44)57-34-21-15-11-7-3)42-29-31-45(56-33-20-14-10-6-2)54(52(42)50)58-35-22-16-12-8-4/h17-18,23-31,36H,5-16,19-22,32-35H2,1-4H3. The maximum Gasteiger partial charge on any atom is 0.169 e. The summed E-state index contributed by atoms with van der Waals surface area (Å²) < 4.78 is 27.1. The van der Waals surface area contributed by atoms with Crippen molar-refractivity contribution in [3.63, 3.8) is 0 Å². The summed E-state index contributed by atoms with van der Waals surface area (Å²) in [5.41, 5.74) is 0. The molecule has 0 spiro atoms. The Kier molecular flexibility index (Phi) is 13.1. The van der Waals surface area contributed by atoms with Gasteiger partial charge in [0.15, 0.2) is 23.0 Å². The maximum absolute atomic E-state index is 6.94. The van der Waals surface area contributed by atoms with E-state index in [-0.39, 0.29) is 0 Å². The fourth-order valence-electron chi connectivity index (χ4n) is 9.53. The highest BCUT2D eigenvalue weighted by Crippen LogP contribution is 2.56. The number of rotatable bonds is 24. The first-order valence-corrected chi connectivity index (χ1v) is 23.0. The average molecular weight is 777 g/mol. The number of ether oxygens (including phenoxy) is 4.